The van der Waals surface area contributed by atoms with E-state index in [9.17, 15) is 9.90 Å². The first kappa shape index (κ1) is 25.7. The Labute approximate surface area is 240 Å². The number of para-hydroxylation sites is 1. The molecule has 0 aliphatic carbocycles. The van der Waals surface area contributed by atoms with Crippen molar-refractivity contribution < 1.29 is 19.1 Å². The molecule has 198 valence electrons. The largest absolute Gasteiger partial charge is 0.486 e. The lowest BCUT2D eigenvalue weighted by Crippen LogP contribution is -2.08. The number of furan rings is 1. The number of ether oxygens (including phenoxy) is 1. The summed E-state index contributed by atoms with van der Waals surface area (Å²) < 4.78 is 14.1. The first-order valence-electron chi connectivity index (χ1n) is 12.5. The topological polar surface area (TPSA) is 77.5 Å². The summed E-state index contributed by atoms with van der Waals surface area (Å²) in [5.41, 5.74) is 4.39. The summed E-state index contributed by atoms with van der Waals surface area (Å²) in [6.45, 7) is 0.685. The van der Waals surface area contributed by atoms with Crippen LogP contribution in [0.5, 0.6) is 5.75 Å². The molecule has 40 heavy (non-hydrogen) atoms. The molecule has 0 amide bonds. The zero-order valence-corrected chi connectivity index (χ0v) is 22.6. The van der Waals surface area contributed by atoms with Crippen LogP contribution in [0.1, 0.15) is 21.7 Å². The van der Waals surface area contributed by atoms with Gasteiger partial charge in [-0.15, -0.1) is 0 Å². The molecule has 6 aromatic rings. The molecular weight excluding hydrogens is 547 g/mol. The number of imidazole rings is 1. The Hall–Kier alpha value is -4.52. The van der Waals surface area contributed by atoms with Crippen LogP contribution in [0.15, 0.2) is 108 Å². The number of carbonyl (C=O) groups is 1. The fourth-order valence-corrected chi connectivity index (χ4v) is 4.98. The van der Waals surface area contributed by atoms with E-state index in [2.05, 4.69) is 0 Å². The van der Waals surface area contributed by atoms with Crippen LogP contribution in [0.2, 0.25) is 10.0 Å². The number of fused-ring (bicyclic) bond motifs is 1. The molecule has 4 aromatic carbocycles. The lowest BCUT2D eigenvalue weighted by Gasteiger charge is -2.10. The molecule has 0 radical (unpaired) electrons. The Morgan fingerprint density at radius 1 is 0.925 bits per heavy atom. The Bertz CT molecular complexity index is 1790. The lowest BCUT2D eigenvalue weighted by atomic mass is 10.1. The van der Waals surface area contributed by atoms with Gasteiger partial charge >= 0.3 is 5.97 Å². The first-order chi connectivity index (χ1) is 19.4. The van der Waals surface area contributed by atoms with Gasteiger partial charge in [0.2, 0.25) is 0 Å². The van der Waals surface area contributed by atoms with Crippen molar-refractivity contribution in [1.29, 1.82) is 0 Å². The van der Waals surface area contributed by atoms with Crippen molar-refractivity contribution >= 4 is 40.1 Å². The fraction of sp³-hybridized carbons (Fsp3) is 0.0625. The quantitative estimate of drug-likeness (QED) is 0.199. The lowest BCUT2D eigenvalue weighted by molar-refractivity contribution is 0.0697. The number of halogens is 2. The van der Waals surface area contributed by atoms with E-state index >= 15 is 0 Å². The van der Waals surface area contributed by atoms with E-state index in [0.717, 1.165) is 33.4 Å². The second-order valence-electron chi connectivity index (χ2n) is 9.26. The van der Waals surface area contributed by atoms with E-state index < -0.39 is 5.97 Å². The van der Waals surface area contributed by atoms with Gasteiger partial charge in [0.25, 0.3) is 0 Å². The van der Waals surface area contributed by atoms with Crippen molar-refractivity contribution in [2.24, 2.45) is 0 Å². The van der Waals surface area contributed by atoms with Crippen molar-refractivity contribution in [2.75, 3.05) is 0 Å². The molecule has 0 saturated heterocycles. The summed E-state index contributed by atoms with van der Waals surface area (Å²) >= 11 is 12.6. The minimum absolute atomic E-state index is 0.211. The standard InChI is InChI=1S/C32H22Cl2N2O4/c33-24-11-14-26(27(34)16-24)28-18-36(17-20-5-7-22(8-6-20)32(37)38)31(35-28)19-39-25-12-9-21(10-13-25)30-15-23-3-1-2-4-29(23)40-30/h1-16,18H,17,19H2,(H,37,38). The number of carboxylic acid groups (broad SMARTS) is 1. The molecule has 0 fully saturated rings. The van der Waals surface area contributed by atoms with E-state index in [4.69, 9.17) is 37.3 Å². The maximum Gasteiger partial charge on any atom is 0.335 e. The average Bonchev–Trinajstić information content (AvgIpc) is 3.57. The van der Waals surface area contributed by atoms with E-state index in [1.807, 2.05) is 71.4 Å². The number of aromatic nitrogens is 2. The normalized spacial score (nSPS) is 11.2. The maximum absolute atomic E-state index is 11.2. The second kappa shape index (κ2) is 10.9. The molecule has 0 aliphatic rings. The summed E-state index contributed by atoms with van der Waals surface area (Å²) in [6, 6.07) is 29.7. The van der Waals surface area contributed by atoms with Gasteiger partial charge in [0.05, 0.1) is 16.3 Å². The van der Waals surface area contributed by atoms with Crippen molar-refractivity contribution in [2.45, 2.75) is 13.2 Å². The molecule has 0 bridgehead atoms. The number of hydrogen-bond acceptors (Lipinski definition) is 4. The van der Waals surface area contributed by atoms with Gasteiger partial charge in [0, 0.05) is 34.3 Å². The van der Waals surface area contributed by atoms with Gasteiger partial charge in [0.15, 0.2) is 0 Å². The van der Waals surface area contributed by atoms with Crippen LogP contribution in [0.25, 0.3) is 33.6 Å². The molecular formula is C32H22Cl2N2O4. The van der Waals surface area contributed by atoms with Crippen LogP contribution in [-0.2, 0) is 13.2 Å². The number of aromatic carboxylic acids is 1. The summed E-state index contributed by atoms with van der Waals surface area (Å²) in [7, 11) is 0. The third-order valence-corrected chi connectivity index (χ3v) is 7.10. The molecule has 0 spiro atoms. The van der Waals surface area contributed by atoms with Gasteiger partial charge in [-0.1, -0.05) is 53.5 Å². The van der Waals surface area contributed by atoms with Gasteiger partial charge in [-0.25, -0.2) is 9.78 Å². The van der Waals surface area contributed by atoms with Gasteiger partial charge in [-0.05, 0) is 72.3 Å². The third-order valence-electron chi connectivity index (χ3n) is 6.55. The predicted octanol–water partition coefficient (Wildman–Crippen LogP) is 8.60. The van der Waals surface area contributed by atoms with E-state index in [1.165, 1.54) is 0 Å². The van der Waals surface area contributed by atoms with Crippen LogP contribution in [-0.4, -0.2) is 20.6 Å². The van der Waals surface area contributed by atoms with Gasteiger partial charge in [-0.2, -0.15) is 0 Å². The summed E-state index contributed by atoms with van der Waals surface area (Å²) in [6.07, 6.45) is 1.91. The number of hydrogen-bond donors (Lipinski definition) is 1. The predicted molar refractivity (Wildman–Crippen MR) is 156 cm³/mol. The van der Waals surface area contributed by atoms with Crippen LogP contribution in [0, 0.1) is 0 Å². The minimum atomic E-state index is -0.964. The molecule has 0 atom stereocenters. The molecule has 0 aliphatic heterocycles. The Morgan fingerprint density at radius 3 is 2.42 bits per heavy atom. The first-order valence-corrected chi connectivity index (χ1v) is 13.2. The van der Waals surface area contributed by atoms with Crippen LogP contribution in [0.3, 0.4) is 0 Å². The van der Waals surface area contributed by atoms with E-state index in [1.54, 1.807) is 36.4 Å². The van der Waals surface area contributed by atoms with Crippen molar-refractivity contribution in [3.05, 3.63) is 130 Å². The fourth-order valence-electron chi connectivity index (χ4n) is 4.47. The summed E-state index contributed by atoms with van der Waals surface area (Å²) in [5, 5.41) is 11.3. The zero-order chi connectivity index (χ0) is 27.6. The monoisotopic (exact) mass is 568 g/mol. The molecule has 6 nitrogen and oxygen atoms in total. The summed E-state index contributed by atoms with van der Waals surface area (Å²) in [4.78, 5) is 16.1. The van der Waals surface area contributed by atoms with Gasteiger partial charge < -0.3 is 18.8 Å². The number of carboxylic acids is 1. The van der Waals surface area contributed by atoms with Crippen LogP contribution < -0.4 is 4.74 Å². The molecule has 0 unspecified atom stereocenters. The third kappa shape index (κ3) is 5.45. The second-order valence-corrected chi connectivity index (χ2v) is 10.1. The number of benzene rings is 4. The molecule has 1 N–H and O–H groups in total. The molecule has 8 heteroatoms. The maximum atomic E-state index is 11.2. The molecule has 2 heterocycles. The SMILES string of the molecule is O=C(O)c1ccc(Cn2cc(-c3ccc(Cl)cc3Cl)nc2COc2ccc(-c3cc4ccccc4o3)cc2)cc1. The molecule has 2 aromatic heterocycles. The van der Waals surface area contributed by atoms with Gasteiger partial charge in [-0.3, -0.25) is 0 Å². The van der Waals surface area contributed by atoms with E-state index in [0.29, 0.717) is 33.9 Å². The highest BCUT2D eigenvalue weighted by Crippen LogP contribution is 2.31. The van der Waals surface area contributed by atoms with Crippen LogP contribution >= 0.6 is 23.2 Å². The highest BCUT2D eigenvalue weighted by Gasteiger charge is 2.15. The Morgan fingerprint density at radius 2 is 1.70 bits per heavy atom. The molecule has 6 rings (SSSR count). The smallest absolute Gasteiger partial charge is 0.335 e. The number of rotatable bonds is 8. The van der Waals surface area contributed by atoms with Crippen LogP contribution in [0.4, 0.5) is 0 Å². The van der Waals surface area contributed by atoms with Gasteiger partial charge in [0.1, 0.15) is 29.5 Å². The zero-order valence-electron chi connectivity index (χ0n) is 21.1. The Balaban J connectivity index is 1.24. The molecule has 0 saturated carbocycles. The van der Waals surface area contributed by atoms with Crippen molar-refractivity contribution in [3.63, 3.8) is 0 Å². The van der Waals surface area contributed by atoms with E-state index in [-0.39, 0.29) is 12.2 Å². The van der Waals surface area contributed by atoms with Crippen molar-refractivity contribution in [3.8, 4) is 28.3 Å². The minimum Gasteiger partial charge on any atom is -0.486 e. The highest BCUT2D eigenvalue weighted by molar-refractivity contribution is 6.36. The highest BCUT2D eigenvalue weighted by atomic mass is 35.5. The number of nitrogens with zero attached hydrogens (tertiary/aromatic N) is 2. The average molecular weight is 569 g/mol. The van der Waals surface area contributed by atoms with Crippen molar-refractivity contribution in [1.82, 2.24) is 9.55 Å². The summed E-state index contributed by atoms with van der Waals surface area (Å²) in [5.74, 6) is 1.20. The Kier molecular flexibility index (Phi) is 7.03.